The number of nitrogens with one attached hydrogen (secondary N) is 1. The van der Waals surface area contributed by atoms with Gasteiger partial charge in [0.25, 0.3) is 17.5 Å². The normalized spacial score (nSPS) is 27.2. The average Bonchev–Trinajstić information content (AvgIpc) is 3.30. The molecule has 10 heteroatoms. The van der Waals surface area contributed by atoms with Gasteiger partial charge in [-0.2, -0.15) is 0 Å². The predicted molar refractivity (Wildman–Crippen MR) is 116 cm³/mol. The molecule has 2 amide bonds. The Hall–Kier alpha value is -3.53. The van der Waals surface area contributed by atoms with Gasteiger partial charge >= 0.3 is 11.9 Å². The molecule has 0 spiro atoms. The molecule has 0 radical (unpaired) electrons. The van der Waals surface area contributed by atoms with Gasteiger partial charge < -0.3 is 19.5 Å². The third-order valence-electron chi connectivity index (χ3n) is 5.70. The van der Waals surface area contributed by atoms with E-state index in [4.69, 9.17) is 14.2 Å². The molecule has 33 heavy (non-hydrogen) atoms. The number of nitrogens with zero attached hydrogens (tertiary/aromatic N) is 1. The largest absolute Gasteiger partial charge is 0.484 e. The van der Waals surface area contributed by atoms with Gasteiger partial charge in [0.05, 0.1) is 11.7 Å². The van der Waals surface area contributed by atoms with Crippen LogP contribution in [0.25, 0.3) is 0 Å². The summed E-state index contributed by atoms with van der Waals surface area (Å²) in [7, 11) is 0. The Morgan fingerprint density at radius 2 is 1.79 bits per heavy atom. The van der Waals surface area contributed by atoms with Crippen molar-refractivity contribution < 1.29 is 33.4 Å². The predicted octanol–water partition coefficient (Wildman–Crippen LogP) is 1.22. The van der Waals surface area contributed by atoms with Crippen LogP contribution in [0.4, 0.5) is 0 Å². The van der Waals surface area contributed by atoms with Crippen molar-refractivity contribution in [2.75, 3.05) is 6.61 Å². The van der Waals surface area contributed by atoms with Gasteiger partial charge in [0.15, 0.2) is 6.61 Å². The first kappa shape index (κ1) is 21.3. The van der Waals surface area contributed by atoms with E-state index < -0.39 is 46.1 Å². The monoisotopic (exact) mass is 468 g/mol. The number of rotatable bonds is 7. The van der Waals surface area contributed by atoms with E-state index in [1.54, 1.807) is 36.4 Å². The third-order valence-corrected chi connectivity index (χ3v) is 7.27. The number of esters is 2. The van der Waals surface area contributed by atoms with Crippen molar-refractivity contribution in [2.24, 2.45) is 0 Å². The zero-order chi connectivity index (χ0) is 23.0. The molecule has 1 N–H and O–H groups in total. The quantitative estimate of drug-likeness (QED) is 0.477. The van der Waals surface area contributed by atoms with Crippen LogP contribution >= 0.6 is 11.8 Å². The summed E-state index contributed by atoms with van der Waals surface area (Å²) in [6.45, 7) is -0.270. The Balaban J connectivity index is 1.25. The van der Waals surface area contributed by atoms with E-state index in [9.17, 15) is 19.2 Å². The SMILES string of the molecule is O=C(COc1ccccc1)N[C@@H]1C(=O)N2[C@@H]1S[C@@H]1CC(=O)O[C@@]12C(=O)OCc1ccccc1. The summed E-state index contributed by atoms with van der Waals surface area (Å²) in [5.74, 6) is -1.80. The Bertz CT molecular complexity index is 1100. The third kappa shape index (κ3) is 3.70. The summed E-state index contributed by atoms with van der Waals surface area (Å²) >= 11 is 1.25. The van der Waals surface area contributed by atoms with E-state index in [2.05, 4.69) is 5.32 Å². The highest BCUT2D eigenvalue weighted by Gasteiger charge is 2.75. The summed E-state index contributed by atoms with van der Waals surface area (Å²) in [4.78, 5) is 51.6. The first-order chi connectivity index (χ1) is 16.0. The number of ether oxygens (including phenoxy) is 3. The first-order valence-electron chi connectivity index (χ1n) is 10.4. The lowest BCUT2D eigenvalue weighted by atomic mass is 9.98. The summed E-state index contributed by atoms with van der Waals surface area (Å²) in [5, 5.41) is 1.51. The lowest BCUT2D eigenvalue weighted by molar-refractivity contribution is -0.208. The number of carbonyl (C=O) groups excluding carboxylic acids is 4. The van der Waals surface area contributed by atoms with Gasteiger partial charge in [-0.05, 0) is 17.7 Å². The molecule has 0 unspecified atom stereocenters. The molecule has 3 heterocycles. The fourth-order valence-electron chi connectivity index (χ4n) is 4.15. The van der Waals surface area contributed by atoms with Crippen molar-refractivity contribution in [3.8, 4) is 5.75 Å². The van der Waals surface area contributed by atoms with Crippen LogP contribution in [0.15, 0.2) is 60.7 Å². The number of benzene rings is 2. The number of carbonyl (C=O) groups is 4. The summed E-state index contributed by atoms with van der Waals surface area (Å²) in [6.07, 6.45) is -0.0246. The Morgan fingerprint density at radius 3 is 2.52 bits per heavy atom. The molecule has 3 fully saturated rings. The van der Waals surface area contributed by atoms with Crippen LogP contribution < -0.4 is 10.1 Å². The van der Waals surface area contributed by atoms with Gasteiger partial charge in [0, 0.05) is 0 Å². The maximum atomic E-state index is 13.1. The topological polar surface area (TPSA) is 111 Å². The summed E-state index contributed by atoms with van der Waals surface area (Å²) in [5.41, 5.74) is -1.04. The second-order valence-electron chi connectivity index (χ2n) is 7.81. The van der Waals surface area contributed by atoms with E-state index >= 15 is 0 Å². The van der Waals surface area contributed by atoms with Crippen LogP contribution in [0.2, 0.25) is 0 Å². The molecule has 9 nitrogen and oxygen atoms in total. The summed E-state index contributed by atoms with van der Waals surface area (Å²) in [6, 6.07) is 17.1. The van der Waals surface area contributed by atoms with Crippen molar-refractivity contribution in [1.29, 1.82) is 0 Å². The average molecular weight is 468 g/mol. The van der Waals surface area contributed by atoms with Gasteiger partial charge in [-0.1, -0.05) is 48.5 Å². The van der Waals surface area contributed by atoms with Crippen LogP contribution in [0.3, 0.4) is 0 Å². The van der Waals surface area contributed by atoms with E-state index in [0.717, 1.165) is 5.56 Å². The minimum atomic E-state index is -1.81. The molecule has 0 aromatic heterocycles. The fraction of sp³-hybridized carbons (Fsp3) is 0.304. The van der Waals surface area contributed by atoms with Crippen LogP contribution in [0, 0.1) is 0 Å². The maximum Gasteiger partial charge on any atom is 0.374 e. The minimum absolute atomic E-state index is 0.0138. The second kappa shape index (κ2) is 8.43. The lowest BCUT2D eigenvalue weighted by Crippen LogP contribution is -2.75. The molecule has 2 aromatic rings. The van der Waals surface area contributed by atoms with Crippen LogP contribution in [-0.4, -0.2) is 57.7 Å². The molecule has 3 saturated heterocycles. The number of hydrogen-bond donors (Lipinski definition) is 1. The molecule has 3 aliphatic rings. The van der Waals surface area contributed by atoms with E-state index in [1.165, 1.54) is 16.7 Å². The Morgan fingerprint density at radius 1 is 1.09 bits per heavy atom. The number of hydrogen-bond acceptors (Lipinski definition) is 8. The molecular weight excluding hydrogens is 448 g/mol. The Labute approximate surface area is 193 Å². The second-order valence-corrected chi connectivity index (χ2v) is 9.13. The lowest BCUT2D eigenvalue weighted by Gasteiger charge is -2.46. The molecule has 0 aliphatic carbocycles. The minimum Gasteiger partial charge on any atom is -0.484 e. The first-order valence-corrected chi connectivity index (χ1v) is 11.3. The van der Waals surface area contributed by atoms with Crippen molar-refractivity contribution >= 4 is 35.5 Å². The van der Waals surface area contributed by atoms with Crippen molar-refractivity contribution in [1.82, 2.24) is 10.2 Å². The number of β-lactam (4-membered cyclic amide) rings is 1. The number of amides is 2. The van der Waals surface area contributed by atoms with E-state index in [0.29, 0.717) is 5.75 Å². The van der Waals surface area contributed by atoms with Gasteiger partial charge in [-0.25, -0.2) is 4.79 Å². The molecule has 2 aromatic carbocycles. The van der Waals surface area contributed by atoms with Gasteiger partial charge in [0.1, 0.15) is 23.8 Å². The molecule has 0 bridgehead atoms. The molecule has 5 rings (SSSR count). The number of para-hydroxylation sites is 1. The van der Waals surface area contributed by atoms with E-state index in [-0.39, 0.29) is 19.6 Å². The smallest absolute Gasteiger partial charge is 0.374 e. The highest BCUT2D eigenvalue weighted by Crippen LogP contribution is 2.55. The highest BCUT2D eigenvalue weighted by atomic mass is 32.2. The molecular formula is C23H20N2O7S. The van der Waals surface area contributed by atoms with Crippen LogP contribution in [0.5, 0.6) is 5.75 Å². The van der Waals surface area contributed by atoms with Gasteiger partial charge in [-0.15, -0.1) is 11.8 Å². The molecule has 170 valence electrons. The maximum absolute atomic E-state index is 13.1. The van der Waals surface area contributed by atoms with E-state index in [1.807, 2.05) is 24.3 Å². The van der Waals surface area contributed by atoms with Crippen molar-refractivity contribution in [3.63, 3.8) is 0 Å². The van der Waals surface area contributed by atoms with Crippen LogP contribution in [-0.2, 0) is 35.3 Å². The molecule has 0 saturated carbocycles. The van der Waals surface area contributed by atoms with Crippen LogP contribution in [0.1, 0.15) is 12.0 Å². The highest BCUT2D eigenvalue weighted by molar-refractivity contribution is 8.01. The summed E-state index contributed by atoms with van der Waals surface area (Å²) < 4.78 is 16.3. The number of thioether (sulfide) groups is 1. The standard InChI is InChI=1S/C23H20N2O7S/c26-17(13-30-15-9-5-2-6-10-15)24-19-20(28)25-21(19)33-16-11-18(27)32-23(16,25)22(29)31-12-14-7-3-1-4-8-14/h1-10,16,19,21H,11-13H2,(H,24,26)/t16-,19-,21-,23-/m1/s1. The van der Waals surface area contributed by atoms with Gasteiger partial charge in [0.2, 0.25) is 0 Å². The fourth-order valence-corrected chi connectivity index (χ4v) is 5.89. The number of fused-ring (bicyclic) bond motifs is 3. The zero-order valence-corrected chi connectivity index (χ0v) is 18.2. The van der Waals surface area contributed by atoms with Crippen molar-refractivity contribution in [3.05, 3.63) is 66.2 Å². The zero-order valence-electron chi connectivity index (χ0n) is 17.3. The molecule has 3 aliphatic heterocycles. The Kier molecular flexibility index (Phi) is 5.45. The molecule has 4 atom stereocenters. The van der Waals surface area contributed by atoms with Gasteiger partial charge in [-0.3, -0.25) is 19.3 Å². The van der Waals surface area contributed by atoms with Crippen molar-refractivity contribution in [2.45, 2.75) is 35.4 Å².